The summed E-state index contributed by atoms with van der Waals surface area (Å²) in [4.78, 5) is 11.7. The Morgan fingerprint density at radius 3 is 2.55 bits per heavy atom. The maximum atomic E-state index is 14.3. The van der Waals surface area contributed by atoms with Gasteiger partial charge < -0.3 is 9.67 Å². The van der Waals surface area contributed by atoms with Crippen molar-refractivity contribution in [3.05, 3.63) is 59.4 Å². The number of hydrogen-bond donors (Lipinski definition) is 2. The second-order valence-electron chi connectivity index (χ2n) is 10.0. The molecule has 2 aromatic heterocycles. The van der Waals surface area contributed by atoms with Gasteiger partial charge in [0.15, 0.2) is 11.6 Å². The van der Waals surface area contributed by atoms with E-state index in [-0.39, 0.29) is 29.6 Å². The lowest BCUT2D eigenvalue weighted by Gasteiger charge is -2.50. The van der Waals surface area contributed by atoms with Crippen LogP contribution >= 0.6 is 0 Å². The SMILES string of the molecule is CC(C)c1c(C2CC3CC(C2)C3C(=O)O)c2cc3[nH]ncc3cc2n1-c1ccc(F)c(F)c1. The van der Waals surface area contributed by atoms with E-state index in [2.05, 4.69) is 40.7 Å². The van der Waals surface area contributed by atoms with E-state index in [1.807, 2.05) is 0 Å². The number of carboxylic acids is 1. The van der Waals surface area contributed by atoms with Crippen molar-refractivity contribution in [3.63, 3.8) is 0 Å². The maximum Gasteiger partial charge on any atom is 0.307 e. The molecule has 0 radical (unpaired) electrons. The van der Waals surface area contributed by atoms with Gasteiger partial charge in [-0.15, -0.1) is 0 Å². The number of benzene rings is 2. The first-order chi connectivity index (χ1) is 15.8. The van der Waals surface area contributed by atoms with Crippen molar-refractivity contribution in [1.82, 2.24) is 14.8 Å². The van der Waals surface area contributed by atoms with Crippen LogP contribution in [-0.2, 0) is 4.79 Å². The molecule has 0 saturated heterocycles. The molecule has 0 aliphatic heterocycles. The molecular weight excluding hydrogens is 424 g/mol. The van der Waals surface area contributed by atoms with Gasteiger partial charge in [0.25, 0.3) is 0 Å². The van der Waals surface area contributed by atoms with Gasteiger partial charge in [-0.25, -0.2) is 8.78 Å². The number of aliphatic carboxylic acids is 1. The summed E-state index contributed by atoms with van der Waals surface area (Å²) in [5.41, 5.74) is 4.73. The summed E-state index contributed by atoms with van der Waals surface area (Å²) in [6, 6.07) is 8.19. The monoisotopic (exact) mass is 449 g/mol. The third-order valence-electron chi connectivity index (χ3n) is 7.80. The molecule has 2 aromatic carbocycles. The number of nitrogens with zero attached hydrogens (tertiary/aromatic N) is 2. The Balaban J connectivity index is 1.61. The zero-order chi connectivity index (χ0) is 23.0. The predicted octanol–water partition coefficient (Wildman–Crippen LogP) is 6.12. The van der Waals surface area contributed by atoms with Crippen LogP contribution in [0.3, 0.4) is 0 Å². The third kappa shape index (κ3) is 2.94. The zero-order valence-corrected chi connectivity index (χ0v) is 18.5. The first-order valence-electron chi connectivity index (χ1n) is 11.5. The van der Waals surface area contributed by atoms with Crippen LogP contribution in [0.25, 0.3) is 27.5 Å². The lowest BCUT2D eigenvalue weighted by atomic mass is 9.53. The Kier molecular flexibility index (Phi) is 4.41. The molecule has 170 valence electrons. The molecule has 7 rings (SSSR count). The second kappa shape index (κ2) is 7.14. The van der Waals surface area contributed by atoms with Crippen molar-refractivity contribution in [3.8, 4) is 5.69 Å². The van der Waals surface area contributed by atoms with Gasteiger partial charge in [0.05, 0.1) is 23.1 Å². The van der Waals surface area contributed by atoms with Crippen LogP contribution < -0.4 is 0 Å². The smallest absolute Gasteiger partial charge is 0.307 e. The molecular formula is C26H25F2N3O2. The number of carbonyl (C=O) groups is 1. The molecule has 3 aliphatic rings. The molecule has 3 fully saturated rings. The highest BCUT2D eigenvalue weighted by Crippen LogP contribution is 2.57. The molecule has 4 aromatic rings. The highest BCUT2D eigenvalue weighted by molar-refractivity contribution is 5.99. The van der Waals surface area contributed by atoms with Crippen molar-refractivity contribution in [1.29, 1.82) is 0 Å². The Labute approximate surface area is 189 Å². The van der Waals surface area contributed by atoms with Gasteiger partial charge in [-0.2, -0.15) is 5.10 Å². The second-order valence-corrected chi connectivity index (χ2v) is 10.0. The quantitative estimate of drug-likeness (QED) is 0.394. The molecule has 3 saturated carbocycles. The molecule has 5 nitrogen and oxygen atoms in total. The molecule has 2 atom stereocenters. The summed E-state index contributed by atoms with van der Waals surface area (Å²) in [7, 11) is 0. The van der Waals surface area contributed by atoms with Crippen LogP contribution in [-0.4, -0.2) is 25.8 Å². The van der Waals surface area contributed by atoms with E-state index in [9.17, 15) is 18.7 Å². The molecule has 7 heteroatoms. The van der Waals surface area contributed by atoms with Crippen LogP contribution in [0.2, 0.25) is 0 Å². The van der Waals surface area contributed by atoms with Crippen LogP contribution in [0.5, 0.6) is 0 Å². The summed E-state index contributed by atoms with van der Waals surface area (Å²) in [6.07, 6.45) is 4.42. The van der Waals surface area contributed by atoms with E-state index in [4.69, 9.17) is 0 Å². The maximum absolute atomic E-state index is 14.3. The molecule has 2 N–H and O–H groups in total. The van der Waals surface area contributed by atoms with Gasteiger partial charge in [0, 0.05) is 28.2 Å². The van der Waals surface area contributed by atoms with Gasteiger partial charge in [-0.3, -0.25) is 9.89 Å². The number of aromatic nitrogens is 3. The topological polar surface area (TPSA) is 70.9 Å². The number of hydrogen-bond acceptors (Lipinski definition) is 2. The minimum Gasteiger partial charge on any atom is -0.481 e. The lowest BCUT2D eigenvalue weighted by Crippen LogP contribution is -2.47. The summed E-state index contributed by atoms with van der Waals surface area (Å²) in [5, 5.41) is 18.9. The fraction of sp³-hybridized carbons (Fsp3) is 0.385. The van der Waals surface area contributed by atoms with Crippen molar-refractivity contribution >= 4 is 27.8 Å². The number of halogens is 2. The molecule has 0 spiro atoms. The largest absolute Gasteiger partial charge is 0.481 e. The molecule has 3 aliphatic carbocycles. The molecule has 0 amide bonds. The predicted molar refractivity (Wildman–Crippen MR) is 122 cm³/mol. The average molecular weight is 450 g/mol. The van der Waals surface area contributed by atoms with Crippen molar-refractivity contribution in [2.45, 2.75) is 44.9 Å². The minimum absolute atomic E-state index is 0.130. The molecule has 2 unspecified atom stereocenters. The minimum atomic E-state index is -0.877. The molecule has 33 heavy (non-hydrogen) atoms. The number of fused-ring (bicyclic) bond motifs is 4. The van der Waals surface area contributed by atoms with Gasteiger partial charge in [-0.1, -0.05) is 13.8 Å². The van der Waals surface area contributed by atoms with Gasteiger partial charge in [0.2, 0.25) is 0 Å². The lowest BCUT2D eigenvalue weighted by molar-refractivity contribution is -0.156. The molecule has 2 heterocycles. The Morgan fingerprint density at radius 1 is 1.12 bits per heavy atom. The van der Waals surface area contributed by atoms with Gasteiger partial charge in [0.1, 0.15) is 0 Å². The summed E-state index contributed by atoms with van der Waals surface area (Å²) < 4.78 is 30.1. The number of aromatic amines is 1. The third-order valence-corrected chi connectivity index (χ3v) is 7.80. The first kappa shape index (κ1) is 20.4. The summed E-state index contributed by atoms with van der Waals surface area (Å²) in [5.74, 6) is -1.90. The van der Waals surface area contributed by atoms with E-state index in [0.717, 1.165) is 46.8 Å². The Bertz CT molecular complexity index is 1410. The normalized spacial score (nSPS) is 24.5. The van der Waals surface area contributed by atoms with Crippen LogP contribution in [0.15, 0.2) is 36.5 Å². The fourth-order valence-electron chi connectivity index (χ4n) is 6.49. The average Bonchev–Trinajstić information content (AvgIpc) is 3.35. The van der Waals surface area contributed by atoms with E-state index < -0.39 is 17.6 Å². The Hall–Kier alpha value is -3.22. The van der Waals surface area contributed by atoms with E-state index in [1.165, 1.54) is 17.7 Å². The highest BCUT2D eigenvalue weighted by atomic mass is 19.2. The van der Waals surface area contributed by atoms with E-state index in [1.54, 1.807) is 12.3 Å². The van der Waals surface area contributed by atoms with Crippen LogP contribution in [0.4, 0.5) is 8.78 Å². The van der Waals surface area contributed by atoms with Crippen molar-refractivity contribution < 1.29 is 18.7 Å². The van der Waals surface area contributed by atoms with Crippen molar-refractivity contribution in [2.75, 3.05) is 0 Å². The zero-order valence-electron chi connectivity index (χ0n) is 18.5. The van der Waals surface area contributed by atoms with Gasteiger partial charge in [-0.05, 0) is 72.8 Å². The number of H-pyrrole nitrogens is 1. The van der Waals surface area contributed by atoms with Crippen LogP contribution in [0, 0.1) is 29.4 Å². The van der Waals surface area contributed by atoms with Crippen molar-refractivity contribution in [2.24, 2.45) is 17.8 Å². The fourth-order valence-corrected chi connectivity index (χ4v) is 6.49. The van der Waals surface area contributed by atoms with Crippen LogP contribution in [0.1, 0.15) is 56.2 Å². The van der Waals surface area contributed by atoms with E-state index in [0.29, 0.717) is 5.69 Å². The molecule has 2 bridgehead atoms. The summed E-state index contributed by atoms with van der Waals surface area (Å²) >= 11 is 0. The van der Waals surface area contributed by atoms with E-state index >= 15 is 0 Å². The standard InChI is InChI=1S/C26H25F2N3O2/c1-12(2)25-24(15-6-13-5-14(7-15)23(13)26(32)33)18-10-21-16(11-29-30-21)8-22(18)31(25)17-3-4-19(27)20(28)9-17/h3-4,8-15,23H,5-7H2,1-2H3,(H,29,30)(H,32,33). The Morgan fingerprint density at radius 2 is 1.88 bits per heavy atom. The van der Waals surface area contributed by atoms with Gasteiger partial charge >= 0.3 is 5.97 Å². The number of nitrogens with one attached hydrogen (secondary N) is 1. The summed E-state index contributed by atoms with van der Waals surface area (Å²) in [6.45, 7) is 4.23. The number of carboxylic acid groups (broad SMARTS) is 1. The number of rotatable bonds is 4. The highest BCUT2D eigenvalue weighted by Gasteiger charge is 2.51. The first-order valence-corrected chi connectivity index (χ1v) is 11.5.